The van der Waals surface area contributed by atoms with E-state index in [4.69, 9.17) is 0 Å². The van der Waals surface area contributed by atoms with E-state index in [0.717, 1.165) is 24.5 Å². The van der Waals surface area contributed by atoms with Crippen LogP contribution in [0.4, 0.5) is 0 Å². The summed E-state index contributed by atoms with van der Waals surface area (Å²) in [5.41, 5.74) is 0. The largest absolute Gasteiger partial charge is 0.330 e. The Bertz CT molecular complexity index is 416. The maximum atomic E-state index is 4.43. The third kappa shape index (κ3) is 2.50. The SMILES string of the molecule is CCC(CS)Cn1ccnc1-c1cccs1. The number of hydrogen-bond donors (Lipinski definition) is 1. The van der Waals surface area contributed by atoms with Gasteiger partial charge >= 0.3 is 0 Å². The molecular formula is C12H16N2S2. The minimum Gasteiger partial charge on any atom is -0.330 e. The number of rotatable bonds is 5. The van der Waals surface area contributed by atoms with Gasteiger partial charge in [0.15, 0.2) is 0 Å². The Morgan fingerprint density at radius 2 is 2.44 bits per heavy atom. The first-order valence-electron chi connectivity index (χ1n) is 5.51. The molecule has 2 rings (SSSR count). The summed E-state index contributed by atoms with van der Waals surface area (Å²) in [7, 11) is 0. The predicted molar refractivity (Wildman–Crippen MR) is 73.2 cm³/mol. The Morgan fingerprint density at radius 1 is 1.56 bits per heavy atom. The molecule has 0 radical (unpaired) electrons. The van der Waals surface area contributed by atoms with E-state index in [-0.39, 0.29) is 0 Å². The summed E-state index contributed by atoms with van der Waals surface area (Å²) in [6.45, 7) is 3.22. The van der Waals surface area contributed by atoms with Crippen LogP contribution in [-0.4, -0.2) is 15.3 Å². The van der Waals surface area contributed by atoms with E-state index in [2.05, 4.69) is 52.8 Å². The van der Waals surface area contributed by atoms with Crippen molar-refractivity contribution in [3.63, 3.8) is 0 Å². The molecule has 1 unspecified atom stereocenters. The summed E-state index contributed by atoms with van der Waals surface area (Å²) in [5, 5.41) is 2.09. The number of hydrogen-bond acceptors (Lipinski definition) is 3. The minimum atomic E-state index is 0.622. The van der Waals surface area contributed by atoms with Crippen LogP contribution in [0.25, 0.3) is 10.7 Å². The van der Waals surface area contributed by atoms with Crippen molar-refractivity contribution >= 4 is 24.0 Å². The summed E-state index contributed by atoms with van der Waals surface area (Å²) < 4.78 is 2.23. The van der Waals surface area contributed by atoms with Gasteiger partial charge in [0.1, 0.15) is 5.82 Å². The zero-order valence-corrected chi connectivity index (χ0v) is 11.0. The van der Waals surface area contributed by atoms with Crippen LogP contribution in [0.15, 0.2) is 29.9 Å². The Labute approximate surface area is 106 Å². The highest BCUT2D eigenvalue weighted by atomic mass is 32.1. The fourth-order valence-electron chi connectivity index (χ4n) is 1.68. The van der Waals surface area contributed by atoms with Gasteiger partial charge in [-0.2, -0.15) is 12.6 Å². The molecule has 2 nitrogen and oxygen atoms in total. The molecule has 0 fully saturated rings. The molecule has 0 bridgehead atoms. The van der Waals surface area contributed by atoms with Crippen molar-refractivity contribution in [3.05, 3.63) is 29.9 Å². The average molecular weight is 252 g/mol. The average Bonchev–Trinajstić information content (AvgIpc) is 2.95. The maximum absolute atomic E-state index is 4.43. The Kier molecular flexibility index (Phi) is 4.07. The highest BCUT2D eigenvalue weighted by Crippen LogP contribution is 2.24. The molecule has 0 N–H and O–H groups in total. The molecule has 1 atom stereocenters. The first-order valence-corrected chi connectivity index (χ1v) is 7.02. The Morgan fingerprint density at radius 3 is 3.06 bits per heavy atom. The second-order valence-electron chi connectivity index (χ2n) is 3.84. The van der Waals surface area contributed by atoms with Crippen molar-refractivity contribution < 1.29 is 0 Å². The second-order valence-corrected chi connectivity index (χ2v) is 5.15. The molecular weight excluding hydrogens is 236 g/mol. The number of thiophene rings is 1. The van der Waals surface area contributed by atoms with Gasteiger partial charge in [-0.25, -0.2) is 4.98 Å². The molecule has 16 heavy (non-hydrogen) atoms. The van der Waals surface area contributed by atoms with E-state index in [9.17, 15) is 0 Å². The lowest BCUT2D eigenvalue weighted by Crippen LogP contribution is -2.11. The van der Waals surface area contributed by atoms with E-state index in [1.165, 1.54) is 4.88 Å². The van der Waals surface area contributed by atoms with E-state index < -0.39 is 0 Å². The molecule has 2 aromatic rings. The zero-order chi connectivity index (χ0) is 11.4. The van der Waals surface area contributed by atoms with Crippen LogP contribution in [-0.2, 0) is 6.54 Å². The normalized spacial score (nSPS) is 12.9. The molecule has 0 aliphatic carbocycles. The van der Waals surface area contributed by atoms with Gasteiger partial charge in [-0.3, -0.25) is 0 Å². The van der Waals surface area contributed by atoms with Crippen molar-refractivity contribution in [1.29, 1.82) is 0 Å². The lowest BCUT2D eigenvalue weighted by molar-refractivity contribution is 0.480. The summed E-state index contributed by atoms with van der Waals surface area (Å²) >= 11 is 6.12. The van der Waals surface area contributed by atoms with Gasteiger partial charge in [-0.05, 0) is 23.1 Å². The molecule has 86 valence electrons. The van der Waals surface area contributed by atoms with Gasteiger partial charge in [-0.15, -0.1) is 11.3 Å². The smallest absolute Gasteiger partial charge is 0.149 e. The quantitative estimate of drug-likeness (QED) is 0.805. The molecule has 4 heteroatoms. The molecule has 0 aliphatic rings. The molecule has 0 aliphatic heterocycles. The molecule has 0 saturated carbocycles. The Balaban J connectivity index is 2.19. The lowest BCUT2D eigenvalue weighted by Gasteiger charge is -2.14. The van der Waals surface area contributed by atoms with Crippen LogP contribution < -0.4 is 0 Å². The molecule has 0 saturated heterocycles. The number of imidazole rings is 1. The van der Waals surface area contributed by atoms with Crippen LogP contribution in [0.5, 0.6) is 0 Å². The van der Waals surface area contributed by atoms with E-state index in [1.54, 1.807) is 11.3 Å². The monoisotopic (exact) mass is 252 g/mol. The third-order valence-electron chi connectivity index (χ3n) is 2.75. The highest BCUT2D eigenvalue weighted by Gasteiger charge is 2.10. The predicted octanol–water partition coefficient (Wildman–Crippen LogP) is 3.57. The number of aromatic nitrogens is 2. The summed E-state index contributed by atoms with van der Waals surface area (Å²) in [4.78, 5) is 5.66. The van der Waals surface area contributed by atoms with E-state index in [0.29, 0.717) is 5.92 Å². The maximum Gasteiger partial charge on any atom is 0.149 e. The van der Waals surface area contributed by atoms with Crippen molar-refractivity contribution in [2.24, 2.45) is 5.92 Å². The summed E-state index contributed by atoms with van der Waals surface area (Å²) in [6.07, 6.45) is 5.09. The van der Waals surface area contributed by atoms with Crippen LogP contribution in [0, 0.1) is 5.92 Å². The highest BCUT2D eigenvalue weighted by molar-refractivity contribution is 7.80. The fraction of sp³-hybridized carbons (Fsp3) is 0.417. The van der Waals surface area contributed by atoms with Crippen molar-refractivity contribution in [2.45, 2.75) is 19.9 Å². The van der Waals surface area contributed by atoms with Crippen molar-refractivity contribution in [2.75, 3.05) is 5.75 Å². The standard InChI is InChI=1S/C12H16N2S2/c1-2-10(9-15)8-14-6-5-13-12(14)11-4-3-7-16-11/h3-7,10,15H,2,8-9H2,1H3. The first-order chi connectivity index (χ1) is 7.85. The van der Waals surface area contributed by atoms with Crippen LogP contribution >= 0.6 is 24.0 Å². The van der Waals surface area contributed by atoms with Crippen LogP contribution in [0.2, 0.25) is 0 Å². The van der Waals surface area contributed by atoms with Crippen LogP contribution in [0.3, 0.4) is 0 Å². The second kappa shape index (κ2) is 5.55. The van der Waals surface area contributed by atoms with Gasteiger partial charge in [0.05, 0.1) is 4.88 Å². The first kappa shape index (κ1) is 11.7. The molecule has 2 heterocycles. The lowest BCUT2D eigenvalue weighted by atomic mass is 10.1. The number of thiol groups is 1. The van der Waals surface area contributed by atoms with Gasteiger partial charge in [-0.1, -0.05) is 19.4 Å². The summed E-state index contributed by atoms with van der Waals surface area (Å²) in [6, 6.07) is 4.18. The van der Waals surface area contributed by atoms with E-state index >= 15 is 0 Å². The number of nitrogens with zero attached hydrogens (tertiary/aromatic N) is 2. The van der Waals surface area contributed by atoms with Crippen LogP contribution in [0.1, 0.15) is 13.3 Å². The topological polar surface area (TPSA) is 17.8 Å². The Hall–Kier alpha value is -0.740. The van der Waals surface area contributed by atoms with Crippen molar-refractivity contribution in [1.82, 2.24) is 9.55 Å². The third-order valence-corrected chi connectivity index (χ3v) is 4.13. The van der Waals surface area contributed by atoms with Gasteiger partial charge in [0, 0.05) is 18.9 Å². The molecule has 0 aromatic carbocycles. The van der Waals surface area contributed by atoms with E-state index in [1.807, 2.05) is 6.20 Å². The van der Waals surface area contributed by atoms with Gasteiger partial charge < -0.3 is 4.57 Å². The zero-order valence-electron chi connectivity index (χ0n) is 9.34. The minimum absolute atomic E-state index is 0.622. The van der Waals surface area contributed by atoms with Crippen molar-refractivity contribution in [3.8, 4) is 10.7 Å². The molecule has 0 amide bonds. The van der Waals surface area contributed by atoms with Gasteiger partial charge in [0.2, 0.25) is 0 Å². The fourth-order valence-corrected chi connectivity index (χ4v) is 2.79. The molecule has 0 spiro atoms. The molecule has 2 aromatic heterocycles. The summed E-state index contributed by atoms with van der Waals surface area (Å²) in [5.74, 6) is 2.63. The van der Waals surface area contributed by atoms with Gasteiger partial charge in [0.25, 0.3) is 0 Å².